The van der Waals surface area contributed by atoms with Gasteiger partial charge in [-0.15, -0.1) is 0 Å². The lowest BCUT2D eigenvalue weighted by molar-refractivity contribution is -0.142. The average molecular weight is 581 g/mol. The van der Waals surface area contributed by atoms with Gasteiger partial charge >= 0.3 is 11.9 Å². The van der Waals surface area contributed by atoms with Gasteiger partial charge in [-0.25, -0.2) is 4.98 Å². The summed E-state index contributed by atoms with van der Waals surface area (Å²) in [7, 11) is 2.75. The van der Waals surface area contributed by atoms with E-state index in [4.69, 9.17) is 37.7 Å². The number of imidazole rings is 1. The summed E-state index contributed by atoms with van der Waals surface area (Å²) in [5.41, 5.74) is 4.70. The van der Waals surface area contributed by atoms with Crippen LogP contribution in [-0.4, -0.2) is 42.3 Å². The fourth-order valence-electron chi connectivity index (χ4n) is 4.24. The number of nitrogens with zero attached hydrogens (tertiary/aromatic N) is 2. The number of ether oxygens (including phenoxy) is 3. The Hall–Kier alpha value is -3.81. The molecule has 7 nitrogen and oxygen atoms in total. The van der Waals surface area contributed by atoms with Gasteiger partial charge in [0, 0.05) is 29.6 Å². The number of methoxy groups -OCH3 is 2. The monoisotopic (exact) mass is 580 g/mol. The molecule has 0 unspecified atom stereocenters. The summed E-state index contributed by atoms with van der Waals surface area (Å²) >= 11 is 12.5. The van der Waals surface area contributed by atoms with Gasteiger partial charge in [-0.1, -0.05) is 59.6 Å². The van der Waals surface area contributed by atoms with Crippen LogP contribution in [0.5, 0.6) is 5.75 Å². The molecular weight excluding hydrogens is 551 g/mol. The topological polar surface area (TPSA) is 79.7 Å². The maximum Gasteiger partial charge on any atom is 0.325 e. The Kier molecular flexibility index (Phi) is 10.2. The lowest BCUT2D eigenvalue weighted by atomic mass is 10.0. The highest BCUT2D eigenvalue weighted by Crippen LogP contribution is 2.30. The zero-order valence-electron chi connectivity index (χ0n) is 22.4. The van der Waals surface area contributed by atoms with Crippen molar-refractivity contribution in [3.05, 3.63) is 94.4 Å². The molecule has 40 heavy (non-hydrogen) atoms. The second-order valence-corrected chi connectivity index (χ2v) is 9.97. The highest BCUT2D eigenvalue weighted by Gasteiger charge is 2.15. The van der Waals surface area contributed by atoms with E-state index in [-0.39, 0.29) is 18.5 Å². The smallest absolute Gasteiger partial charge is 0.325 e. The van der Waals surface area contributed by atoms with Crippen molar-refractivity contribution in [3.63, 3.8) is 0 Å². The summed E-state index contributed by atoms with van der Waals surface area (Å²) in [6.07, 6.45) is 4.09. The van der Waals surface area contributed by atoms with Gasteiger partial charge in [0.15, 0.2) is 0 Å². The lowest BCUT2D eigenvalue weighted by Gasteiger charge is -2.09. The summed E-state index contributed by atoms with van der Waals surface area (Å²) in [5.74, 6) is 0.910. The van der Waals surface area contributed by atoms with Crippen molar-refractivity contribution in [2.24, 2.45) is 0 Å². The predicted molar refractivity (Wildman–Crippen MR) is 156 cm³/mol. The Bertz CT molecular complexity index is 1470. The molecule has 0 aliphatic carbocycles. The van der Waals surface area contributed by atoms with Crippen LogP contribution in [0, 0.1) is 0 Å². The van der Waals surface area contributed by atoms with E-state index in [2.05, 4.69) is 22.9 Å². The fourth-order valence-corrected chi connectivity index (χ4v) is 4.74. The van der Waals surface area contributed by atoms with Crippen LogP contribution < -0.4 is 4.74 Å². The molecular formula is C31H30Cl2N2O5. The van der Waals surface area contributed by atoms with E-state index in [1.54, 1.807) is 16.7 Å². The van der Waals surface area contributed by atoms with Crippen molar-refractivity contribution in [2.45, 2.75) is 32.2 Å². The Morgan fingerprint density at radius 2 is 1.65 bits per heavy atom. The van der Waals surface area contributed by atoms with Crippen molar-refractivity contribution in [2.75, 3.05) is 20.8 Å². The van der Waals surface area contributed by atoms with E-state index >= 15 is 0 Å². The summed E-state index contributed by atoms with van der Waals surface area (Å²) < 4.78 is 17.1. The van der Waals surface area contributed by atoms with Gasteiger partial charge in [0.25, 0.3) is 0 Å². The van der Waals surface area contributed by atoms with Gasteiger partial charge in [0.1, 0.15) is 18.1 Å². The third-order valence-corrected chi connectivity index (χ3v) is 6.91. The van der Waals surface area contributed by atoms with Crippen molar-refractivity contribution in [1.29, 1.82) is 0 Å². The summed E-state index contributed by atoms with van der Waals surface area (Å²) in [5, 5.41) is 1.03. The standard InChI is InChI=1S/C31H30Cl2N2O5/c1-38-30(36)7-4-16-40-25-12-9-22(10-13-25)23-6-3-5-21(17-23)8-15-29-34-28(19-35(29)20-31(37)39-2)26-14-11-24(32)18-27(26)33/h3,5-6,9-14,17-19H,4,7-8,15-16,20H2,1-2H3. The van der Waals surface area contributed by atoms with Gasteiger partial charge in [-0.05, 0) is 59.9 Å². The van der Waals surface area contributed by atoms with Crippen molar-refractivity contribution >= 4 is 35.1 Å². The molecule has 0 atom stereocenters. The first kappa shape index (κ1) is 29.2. The van der Waals surface area contributed by atoms with Gasteiger partial charge in [0.05, 0.1) is 31.5 Å². The molecule has 0 saturated carbocycles. The Balaban J connectivity index is 1.44. The maximum atomic E-state index is 12.1. The second-order valence-electron chi connectivity index (χ2n) is 9.12. The first-order valence-corrected chi connectivity index (χ1v) is 13.6. The Morgan fingerprint density at radius 1 is 0.875 bits per heavy atom. The Labute approximate surface area is 243 Å². The third kappa shape index (κ3) is 7.87. The molecule has 1 aromatic heterocycles. The van der Waals surface area contributed by atoms with Gasteiger partial charge in [-0.2, -0.15) is 0 Å². The number of aryl methyl sites for hydroxylation is 2. The van der Waals surface area contributed by atoms with Crippen molar-refractivity contribution in [3.8, 4) is 28.1 Å². The molecule has 0 aliphatic heterocycles. The van der Waals surface area contributed by atoms with Crippen LogP contribution in [0.15, 0.2) is 72.9 Å². The SMILES string of the molecule is COC(=O)CCCOc1ccc(-c2cccc(CCc3nc(-c4ccc(Cl)cc4Cl)cn3CC(=O)OC)c2)cc1. The second kappa shape index (κ2) is 14.0. The highest BCUT2D eigenvalue weighted by atomic mass is 35.5. The maximum absolute atomic E-state index is 12.1. The molecule has 3 aromatic carbocycles. The molecule has 4 rings (SSSR count). The minimum Gasteiger partial charge on any atom is -0.494 e. The quantitative estimate of drug-likeness (QED) is 0.135. The summed E-state index contributed by atoms with van der Waals surface area (Å²) in [6.45, 7) is 0.503. The minimum absolute atomic E-state index is 0.0567. The largest absolute Gasteiger partial charge is 0.494 e. The molecule has 0 amide bonds. The molecule has 1 heterocycles. The van der Waals surface area contributed by atoms with E-state index in [0.29, 0.717) is 41.6 Å². The number of carbonyl (C=O) groups excluding carboxylic acids is 2. The van der Waals surface area contributed by atoms with Crippen molar-refractivity contribution in [1.82, 2.24) is 9.55 Å². The van der Waals surface area contributed by atoms with Crippen molar-refractivity contribution < 1.29 is 23.8 Å². The Morgan fingerprint density at radius 3 is 2.38 bits per heavy atom. The van der Waals surface area contributed by atoms with Crippen LogP contribution in [0.25, 0.3) is 22.4 Å². The zero-order chi connectivity index (χ0) is 28.5. The molecule has 0 radical (unpaired) electrons. The highest BCUT2D eigenvalue weighted by molar-refractivity contribution is 6.36. The third-order valence-electron chi connectivity index (χ3n) is 6.37. The van der Waals surface area contributed by atoms with Crippen LogP contribution in [0.2, 0.25) is 10.0 Å². The number of hydrogen-bond donors (Lipinski definition) is 0. The normalized spacial score (nSPS) is 10.8. The number of halogens is 2. The molecule has 0 spiro atoms. The van der Waals surface area contributed by atoms with Gasteiger partial charge in [0.2, 0.25) is 0 Å². The van der Waals surface area contributed by atoms with Gasteiger partial charge < -0.3 is 18.8 Å². The number of benzene rings is 3. The van der Waals surface area contributed by atoms with Crippen LogP contribution in [-0.2, 0) is 38.4 Å². The molecule has 0 aliphatic rings. The van der Waals surface area contributed by atoms with E-state index in [1.165, 1.54) is 14.2 Å². The number of carbonyl (C=O) groups is 2. The van der Waals surface area contributed by atoms with E-state index < -0.39 is 0 Å². The lowest BCUT2D eigenvalue weighted by Crippen LogP contribution is -2.14. The van der Waals surface area contributed by atoms with Crippen LogP contribution >= 0.6 is 23.2 Å². The molecule has 4 aromatic rings. The summed E-state index contributed by atoms with van der Waals surface area (Å²) in [6, 6.07) is 21.4. The molecule has 0 saturated heterocycles. The molecule has 9 heteroatoms. The van der Waals surface area contributed by atoms with E-state index in [0.717, 1.165) is 40.2 Å². The number of rotatable bonds is 12. The van der Waals surface area contributed by atoms with Gasteiger partial charge in [-0.3, -0.25) is 9.59 Å². The van der Waals surface area contributed by atoms with Crippen LogP contribution in [0.1, 0.15) is 24.2 Å². The molecule has 0 fully saturated rings. The first-order valence-electron chi connectivity index (χ1n) is 12.8. The van der Waals surface area contributed by atoms with Crippen LogP contribution in [0.4, 0.5) is 0 Å². The van der Waals surface area contributed by atoms with E-state index in [9.17, 15) is 9.59 Å². The molecule has 208 valence electrons. The minimum atomic E-state index is -0.356. The number of esters is 2. The van der Waals surface area contributed by atoms with E-state index in [1.807, 2.05) is 42.6 Å². The number of aromatic nitrogens is 2. The molecule has 0 N–H and O–H groups in total. The fraction of sp³-hybridized carbons (Fsp3) is 0.258. The molecule has 0 bridgehead atoms. The average Bonchev–Trinajstić information content (AvgIpc) is 3.36. The zero-order valence-corrected chi connectivity index (χ0v) is 23.9. The number of hydrogen-bond acceptors (Lipinski definition) is 6. The summed E-state index contributed by atoms with van der Waals surface area (Å²) in [4.78, 5) is 28.1. The first-order chi connectivity index (χ1) is 19.4. The predicted octanol–water partition coefficient (Wildman–Crippen LogP) is 6.81. The van der Waals surface area contributed by atoms with Crippen LogP contribution in [0.3, 0.4) is 0 Å².